The van der Waals surface area contributed by atoms with Crippen LogP contribution in [0.2, 0.25) is 0 Å². The molecule has 0 atom stereocenters. The number of allylic oxidation sites excluding steroid dienone is 1. The highest BCUT2D eigenvalue weighted by atomic mass is 16.5. The predicted octanol–water partition coefficient (Wildman–Crippen LogP) is 4.70. The van der Waals surface area contributed by atoms with Gasteiger partial charge in [-0.1, -0.05) is 30.3 Å². The summed E-state index contributed by atoms with van der Waals surface area (Å²) in [6.45, 7) is 0.747. The van der Waals surface area contributed by atoms with Gasteiger partial charge in [0, 0.05) is 11.8 Å². The Morgan fingerprint density at radius 2 is 1.88 bits per heavy atom. The molecule has 0 spiro atoms. The molecule has 26 heavy (non-hydrogen) atoms. The first-order chi connectivity index (χ1) is 12.8. The number of methoxy groups -OCH3 is 1. The number of aliphatic imine (C=N–C) groups is 1. The van der Waals surface area contributed by atoms with Crippen molar-refractivity contribution in [1.29, 1.82) is 0 Å². The van der Waals surface area contributed by atoms with Gasteiger partial charge < -0.3 is 4.74 Å². The SMILES string of the molecule is COc1cccc(Cc2ccc3c(c2)C(/C=C/c2ccccn2)=NC3)c1. The highest BCUT2D eigenvalue weighted by Gasteiger charge is 2.14. The number of hydrogen-bond donors (Lipinski definition) is 0. The monoisotopic (exact) mass is 340 g/mol. The lowest BCUT2D eigenvalue weighted by Gasteiger charge is -2.07. The van der Waals surface area contributed by atoms with E-state index in [0.717, 1.165) is 30.1 Å². The maximum atomic E-state index is 5.32. The minimum atomic E-state index is 0.747. The van der Waals surface area contributed by atoms with Crippen molar-refractivity contribution in [2.24, 2.45) is 4.99 Å². The Morgan fingerprint density at radius 3 is 2.73 bits per heavy atom. The second kappa shape index (κ2) is 7.36. The molecule has 3 aromatic rings. The Balaban J connectivity index is 1.56. The Kier molecular flexibility index (Phi) is 4.61. The molecule has 3 nitrogen and oxygen atoms in total. The van der Waals surface area contributed by atoms with Gasteiger partial charge in [0.15, 0.2) is 0 Å². The van der Waals surface area contributed by atoms with Crippen LogP contribution in [-0.4, -0.2) is 17.8 Å². The quantitative estimate of drug-likeness (QED) is 0.675. The number of benzene rings is 2. The molecule has 0 saturated carbocycles. The summed E-state index contributed by atoms with van der Waals surface area (Å²) < 4.78 is 5.32. The van der Waals surface area contributed by atoms with Crippen molar-refractivity contribution < 1.29 is 4.74 Å². The van der Waals surface area contributed by atoms with E-state index in [1.165, 1.54) is 22.3 Å². The molecule has 0 N–H and O–H groups in total. The molecule has 1 aliphatic rings. The molecule has 0 fully saturated rings. The van der Waals surface area contributed by atoms with Crippen molar-refractivity contribution in [3.63, 3.8) is 0 Å². The summed E-state index contributed by atoms with van der Waals surface area (Å²) in [6, 6.07) is 20.8. The highest BCUT2D eigenvalue weighted by Crippen LogP contribution is 2.24. The van der Waals surface area contributed by atoms with E-state index >= 15 is 0 Å². The maximum Gasteiger partial charge on any atom is 0.119 e. The molecule has 2 heterocycles. The van der Waals surface area contributed by atoms with Crippen molar-refractivity contribution in [2.45, 2.75) is 13.0 Å². The molecule has 0 unspecified atom stereocenters. The van der Waals surface area contributed by atoms with Crippen LogP contribution in [0.4, 0.5) is 0 Å². The van der Waals surface area contributed by atoms with Gasteiger partial charge in [0.2, 0.25) is 0 Å². The average Bonchev–Trinajstić information content (AvgIpc) is 3.09. The van der Waals surface area contributed by atoms with Gasteiger partial charge in [-0.2, -0.15) is 0 Å². The molecule has 0 radical (unpaired) electrons. The highest BCUT2D eigenvalue weighted by molar-refractivity contribution is 6.13. The zero-order chi connectivity index (χ0) is 17.8. The molecule has 128 valence electrons. The zero-order valence-corrected chi connectivity index (χ0v) is 14.7. The summed E-state index contributed by atoms with van der Waals surface area (Å²) in [5, 5.41) is 0. The van der Waals surface area contributed by atoms with Crippen molar-refractivity contribution in [1.82, 2.24) is 4.98 Å². The van der Waals surface area contributed by atoms with Crippen molar-refractivity contribution >= 4 is 11.8 Å². The number of nitrogens with zero attached hydrogens (tertiary/aromatic N) is 2. The molecule has 0 saturated heterocycles. The van der Waals surface area contributed by atoms with Gasteiger partial charge in [0.25, 0.3) is 0 Å². The molecule has 0 amide bonds. The molecule has 1 aliphatic heterocycles. The average molecular weight is 340 g/mol. The molecule has 4 rings (SSSR count). The number of ether oxygens (including phenoxy) is 1. The molecule has 2 aromatic carbocycles. The van der Waals surface area contributed by atoms with Crippen LogP contribution in [0.5, 0.6) is 5.75 Å². The van der Waals surface area contributed by atoms with E-state index < -0.39 is 0 Å². The third kappa shape index (κ3) is 3.57. The largest absolute Gasteiger partial charge is 0.497 e. The summed E-state index contributed by atoms with van der Waals surface area (Å²) in [6.07, 6.45) is 6.75. The van der Waals surface area contributed by atoms with E-state index in [2.05, 4.69) is 46.4 Å². The standard InChI is InChI=1S/C23H20N2O/c1-26-21-7-4-5-17(14-21)13-18-8-9-19-16-25-23(22(19)15-18)11-10-20-6-2-3-12-24-20/h2-12,14-15H,13,16H2,1H3/b11-10+. The number of aromatic nitrogens is 1. The van der Waals surface area contributed by atoms with Gasteiger partial charge in [-0.25, -0.2) is 0 Å². The van der Waals surface area contributed by atoms with Gasteiger partial charge in [0.05, 0.1) is 25.1 Å². The first-order valence-corrected chi connectivity index (χ1v) is 8.70. The van der Waals surface area contributed by atoms with Crippen molar-refractivity contribution in [2.75, 3.05) is 7.11 Å². The number of hydrogen-bond acceptors (Lipinski definition) is 3. The fourth-order valence-electron chi connectivity index (χ4n) is 3.16. The summed E-state index contributed by atoms with van der Waals surface area (Å²) in [4.78, 5) is 9.01. The fraction of sp³-hybridized carbons (Fsp3) is 0.130. The van der Waals surface area contributed by atoms with Gasteiger partial charge in [-0.15, -0.1) is 0 Å². The molecular weight excluding hydrogens is 320 g/mol. The van der Waals surface area contributed by atoms with E-state index in [4.69, 9.17) is 4.74 Å². The summed E-state index contributed by atoms with van der Waals surface area (Å²) in [5.74, 6) is 0.893. The molecule has 0 bridgehead atoms. The van der Waals surface area contributed by atoms with Gasteiger partial charge in [-0.3, -0.25) is 9.98 Å². The number of fused-ring (bicyclic) bond motifs is 1. The lowest BCUT2D eigenvalue weighted by molar-refractivity contribution is 0.414. The fourth-order valence-corrected chi connectivity index (χ4v) is 3.16. The Morgan fingerprint density at radius 1 is 0.962 bits per heavy atom. The lowest BCUT2D eigenvalue weighted by atomic mass is 9.98. The summed E-state index contributed by atoms with van der Waals surface area (Å²) in [5.41, 5.74) is 6.98. The van der Waals surface area contributed by atoms with Crippen LogP contribution in [0.25, 0.3) is 6.08 Å². The first-order valence-electron chi connectivity index (χ1n) is 8.70. The van der Waals surface area contributed by atoms with Crippen molar-refractivity contribution in [3.8, 4) is 5.75 Å². The van der Waals surface area contributed by atoms with Gasteiger partial charge in [0.1, 0.15) is 5.75 Å². The molecule has 1 aromatic heterocycles. The van der Waals surface area contributed by atoms with Crippen LogP contribution >= 0.6 is 0 Å². The first kappa shape index (κ1) is 16.3. The zero-order valence-electron chi connectivity index (χ0n) is 14.7. The smallest absolute Gasteiger partial charge is 0.119 e. The van der Waals surface area contributed by atoms with Crippen LogP contribution in [0.15, 0.2) is 77.9 Å². The van der Waals surface area contributed by atoms with Crippen LogP contribution in [0, 0.1) is 0 Å². The van der Waals surface area contributed by atoms with Crippen LogP contribution in [0.3, 0.4) is 0 Å². The van der Waals surface area contributed by atoms with E-state index in [1.54, 1.807) is 13.3 Å². The van der Waals surface area contributed by atoms with Gasteiger partial charge >= 0.3 is 0 Å². The van der Waals surface area contributed by atoms with E-state index in [1.807, 2.05) is 36.4 Å². The maximum absolute atomic E-state index is 5.32. The second-order valence-corrected chi connectivity index (χ2v) is 6.31. The van der Waals surface area contributed by atoms with Gasteiger partial charge in [-0.05, 0) is 65.6 Å². The van der Waals surface area contributed by atoms with Crippen LogP contribution in [-0.2, 0) is 13.0 Å². The third-order valence-electron chi connectivity index (χ3n) is 4.51. The third-order valence-corrected chi connectivity index (χ3v) is 4.51. The minimum Gasteiger partial charge on any atom is -0.497 e. The van der Waals surface area contributed by atoms with Crippen molar-refractivity contribution in [3.05, 3.63) is 101 Å². The lowest BCUT2D eigenvalue weighted by Crippen LogP contribution is -1.97. The minimum absolute atomic E-state index is 0.747. The Labute approximate surface area is 153 Å². The molecular formula is C23H20N2O. The van der Waals surface area contributed by atoms with E-state index in [0.29, 0.717) is 0 Å². The van der Waals surface area contributed by atoms with E-state index in [-0.39, 0.29) is 0 Å². The normalized spacial score (nSPS) is 12.9. The topological polar surface area (TPSA) is 34.5 Å². The predicted molar refractivity (Wildman–Crippen MR) is 106 cm³/mol. The molecule has 0 aliphatic carbocycles. The molecule has 3 heteroatoms. The van der Waals surface area contributed by atoms with E-state index in [9.17, 15) is 0 Å². The summed E-state index contributed by atoms with van der Waals surface area (Å²) >= 11 is 0. The summed E-state index contributed by atoms with van der Waals surface area (Å²) in [7, 11) is 1.70. The number of pyridine rings is 1. The Hall–Kier alpha value is -3.20. The second-order valence-electron chi connectivity index (χ2n) is 6.31. The van der Waals surface area contributed by atoms with Crippen LogP contribution in [0.1, 0.15) is 27.9 Å². The number of rotatable bonds is 5. The van der Waals surface area contributed by atoms with Crippen LogP contribution < -0.4 is 4.74 Å². The Bertz CT molecular complexity index is 975.